The number of carbonyl (C=O) groups excluding carboxylic acids is 2. The van der Waals surface area contributed by atoms with Crippen LogP contribution in [-0.4, -0.2) is 60.9 Å². The maximum atomic E-state index is 12.7. The molecule has 0 N–H and O–H groups in total. The first kappa shape index (κ1) is 17.5. The van der Waals surface area contributed by atoms with Crippen LogP contribution < -0.4 is 4.90 Å². The first-order valence-electron chi connectivity index (χ1n) is 8.26. The summed E-state index contributed by atoms with van der Waals surface area (Å²) in [6, 6.07) is 5.21. The minimum Gasteiger partial charge on any atom is -0.340 e. The zero-order chi connectivity index (χ0) is 17.3. The maximum absolute atomic E-state index is 12.7. The molecule has 1 aromatic carbocycles. The van der Waals surface area contributed by atoms with Crippen LogP contribution in [0.5, 0.6) is 0 Å². The third kappa shape index (κ3) is 3.39. The Hall–Kier alpha value is -1.30. The fraction of sp³-hybridized carbons (Fsp3) is 0.529. The van der Waals surface area contributed by atoms with Gasteiger partial charge in [-0.1, -0.05) is 36.2 Å². The van der Waals surface area contributed by atoms with E-state index in [1.807, 2.05) is 4.90 Å². The van der Waals surface area contributed by atoms with Crippen molar-refractivity contribution in [3.8, 4) is 0 Å². The highest BCUT2D eigenvalue weighted by Crippen LogP contribution is 2.36. The molecular weight excluding hydrogens is 349 g/mol. The second-order valence-electron chi connectivity index (χ2n) is 6.24. The van der Waals surface area contributed by atoms with Gasteiger partial charge in [0.1, 0.15) is 0 Å². The van der Waals surface area contributed by atoms with Gasteiger partial charge in [0, 0.05) is 39.1 Å². The van der Waals surface area contributed by atoms with Gasteiger partial charge in [-0.25, -0.2) is 0 Å². The molecule has 0 bridgehead atoms. The number of amides is 2. The Morgan fingerprint density at radius 1 is 1.21 bits per heavy atom. The molecule has 1 atom stereocenters. The molecule has 2 heterocycles. The first-order chi connectivity index (χ1) is 11.5. The van der Waals surface area contributed by atoms with Crippen LogP contribution in [0.3, 0.4) is 0 Å². The van der Waals surface area contributed by atoms with E-state index >= 15 is 0 Å². The Kier molecular flexibility index (Phi) is 5.33. The van der Waals surface area contributed by atoms with E-state index in [1.54, 1.807) is 23.1 Å². The summed E-state index contributed by atoms with van der Waals surface area (Å²) < 4.78 is 0. The average Bonchev–Trinajstić information content (AvgIpc) is 2.98. The number of carbonyl (C=O) groups is 2. The lowest BCUT2D eigenvalue weighted by Gasteiger charge is -2.35. The van der Waals surface area contributed by atoms with Crippen LogP contribution in [0.25, 0.3) is 0 Å². The Balaban J connectivity index is 1.68. The Morgan fingerprint density at radius 3 is 2.58 bits per heavy atom. The molecule has 1 aromatic rings. The van der Waals surface area contributed by atoms with Gasteiger partial charge in [-0.05, 0) is 18.7 Å². The van der Waals surface area contributed by atoms with E-state index in [1.165, 1.54) is 0 Å². The van der Waals surface area contributed by atoms with Gasteiger partial charge >= 0.3 is 0 Å². The van der Waals surface area contributed by atoms with Crippen molar-refractivity contribution in [2.75, 3.05) is 44.2 Å². The molecule has 2 amide bonds. The van der Waals surface area contributed by atoms with E-state index in [0.29, 0.717) is 22.3 Å². The van der Waals surface area contributed by atoms with E-state index in [-0.39, 0.29) is 24.2 Å². The average molecular weight is 370 g/mol. The van der Waals surface area contributed by atoms with Gasteiger partial charge in [-0.2, -0.15) is 0 Å². The van der Waals surface area contributed by atoms with Crippen molar-refractivity contribution < 1.29 is 9.59 Å². The summed E-state index contributed by atoms with van der Waals surface area (Å²) in [5.74, 6) is -0.315. The zero-order valence-corrected chi connectivity index (χ0v) is 15.2. The van der Waals surface area contributed by atoms with Crippen molar-refractivity contribution in [2.24, 2.45) is 5.92 Å². The molecule has 24 heavy (non-hydrogen) atoms. The van der Waals surface area contributed by atoms with Crippen LogP contribution in [0.1, 0.15) is 13.3 Å². The summed E-state index contributed by atoms with van der Waals surface area (Å²) >= 11 is 12.3. The van der Waals surface area contributed by atoms with Crippen LogP contribution >= 0.6 is 23.2 Å². The van der Waals surface area contributed by atoms with Crippen molar-refractivity contribution in [1.29, 1.82) is 0 Å². The van der Waals surface area contributed by atoms with Crippen LogP contribution in [0.2, 0.25) is 10.0 Å². The molecule has 0 aliphatic carbocycles. The predicted octanol–water partition coefficient (Wildman–Crippen LogP) is 2.51. The van der Waals surface area contributed by atoms with Gasteiger partial charge < -0.3 is 14.7 Å². The molecule has 130 valence electrons. The van der Waals surface area contributed by atoms with Crippen molar-refractivity contribution in [2.45, 2.75) is 13.3 Å². The molecule has 2 fully saturated rings. The molecule has 0 aromatic heterocycles. The molecule has 2 aliphatic heterocycles. The van der Waals surface area contributed by atoms with E-state index in [0.717, 1.165) is 32.7 Å². The van der Waals surface area contributed by atoms with Crippen LogP contribution in [0.15, 0.2) is 18.2 Å². The lowest BCUT2D eigenvalue weighted by Crippen LogP contribution is -2.50. The molecule has 0 radical (unpaired) electrons. The van der Waals surface area contributed by atoms with Crippen molar-refractivity contribution in [3.05, 3.63) is 28.2 Å². The van der Waals surface area contributed by atoms with Crippen molar-refractivity contribution >= 4 is 40.7 Å². The fourth-order valence-corrected chi connectivity index (χ4v) is 3.75. The summed E-state index contributed by atoms with van der Waals surface area (Å²) in [6.07, 6.45) is 0.232. The van der Waals surface area contributed by atoms with E-state index in [4.69, 9.17) is 23.2 Å². The number of benzene rings is 1. The SMILES string of the molecule is CCN1CCN(C(=O)C2CC(=O)N(c3cccc(Cl)c3Cl)C2)CC1. The number of piperazine rings is 1. The Bertz CT molecular complexity index is 645. The van der Waals surface area contributed by atoms with Crippen molar-refractivity contribution in [1.82, 2.24) is 9.80 Å². The quantitative estimate of drug-likeness (QED) is 0.821. The van der Waals surface area contributed by atoms with Gasteiger partial charge in [-0.15, -0.1) is 0 Å². The highest BCUT2D eigenvalue weighted by atomic mass is 35.5. The van der Waals surface area contributed by atoms with Gasteiger partial charge in [0.2, 0.25) is 11.8 Å². The minimum absolute atomic E-state index is 0.0692. The van der Waals surface area contributed by atoms with E-state index < -0.39 is 0 Å². The van der Waals surface area contributed by atoms with Gasteiger partial charge in [0.15, 0.2) is 0 Å². The second-order valence-corrected chi connectivity index (χ2v) is 7.02. The summed E-state index contributed by atoms with van der Waals surface area (Å²) in [5, 5.41) is 0.768. The monoisotopic (exact) mass is 369 g/mol. The number of hydrogen-bond donors (Lipinski definition) is 0. The third-order valence-corrected chi connectivity index (χ3v) is 5.64. The summed E-state index contributed by atoms with van der Waals surface area (Å²) in [7, 11) is 0. The molecule has 2 aliphatic rings. The maximum Gasteiger partial charge on any atom is 0.228 e. The number of halogens is 2. The predicted molar refractivity (Wildman–Crippen MR) is 95.6 cm³/mol. The summed E-state index contributed by atoms with van der Waals surface area (Å²) in [4.78, 5) is 30.9. The lowest BCUT2D eigenvalue weighted by molar-refractivity contribution is -0.137. The number of anilines is 1. The second kappa shape index (κ2) is 7.30. The fourth-order valence-electron chi connectivity index (χ4n) is 3.35. The number of rotatable bonds is 3. The lowest BCUT2D eigenvalue weighted by atomic mass is 10.1. The number of hydrogen-bond acceptors (Lipinski definition) is 3. The standard InChI is InChI=1S/C17H21Cl2N3O2/c1-2-20-6-8-21(9-7-20)17(24)12-10-15(23)22(11-12)14-5-3-4-13(18)16(14)19/h3-5,12H,2,6-11H2,1H3. The van der Waals surface area contributed by atoms with Gasteiger partial charge in [0.25, 0.3) is 0 Å². The zero-order valence-electron chi connectivity index (χ0n) is 13.7. The van der Waals surface area contributed by atoms with Crippen LogP contribution in [0.4, 0.5) is 5.69 Å². The highest BCUT2D eigenvalue weighted by molar-refractivity contribution is 6.44. The number of nitrogens with zero attached hydrogens (tertiary/aromatic N) is 3. The molecular formula is C17H21Cl2N3O2. The molecule has 0 saturated carbocycles. The molecule has 2 saturated heterocycles. The van der Waals surface area contributed by atoms with Gasteiger partial charge in [0.05, 0.1) is 21.7 Å². The smallest absolute Gasteiger partial charge is 0.228 e. The minimum atomic E-state index is -0.305. The van der Waals surface area contributed by atoms with Crippen LogP contribution in [0, 0.1) is 5.92 Å². The van der Waals surface area contributed by atoms with E-state index in [9.17, 15) is 9.59 Å². The highest BCUT2D eigenvalue weighted by Gasteiger charge is 2.38. The molecule has 5 nitrogen and oxygen atoms in total. The molecule has 0 spiro atoms. The topological polar surface area (TPSA) is 43.9 Å². The largest absolute Gasteiger partial charge is 0.340 e. The van der Waals surface area contributed by atoms with Gasteiger partial charge in [-0.3, -0.25) is 9.59 Å². The van der Waals surface area contributed by atoms with Crippen LogP contribution in [-0.2, 0) is 9.59 Å². The Labute approximate surface area is 152 Å². The normalized spacial score (nSPS) is 22.3. The van der Waals surface area contributed by atoms with E-state index in [2.05, 4.69) is 11.8 Å². The summed E-state index contributed by atoms with van der Waals surface area (Å²) in [5.41, 5.74) is 0.584. The number of likely N-dealkylation sites (N-methyl/N-ethyl adjacent to an activating group) is 1. The molecule has 1 unspecified atom stereocenters. The first-order valence-corrected chi connectivity index (χ1v) is 9.02. The summed E-state index contributed by atoms with van der Waals surface area (Å²) in [6.45, 7) is 6.75. The molecule has 3 rings (SSSR count). The Morgan fingerprint density at radius 2 is 1.92 bits per heavy atom. The molecule has 7 heteroatoms. The van der Waals surface area contributed by atoms with Crippen molar-refractivity contribution in [3.63, 3.8) is 0 Å². The third-order valence-electron chi connectivity index (χ3n) is 4.83.